The van der Waals surface area contributed by atoms with E-state index < -0.39 is 17.5 Å². The van der Waals surface area contributed by atoms with Gasteiger partial charge in [-0.2, -0.15) is 0 Å². The van der Waals surface area contributed by atoms with E-state index in [1.807, 2.05) is 57.0 Å². The van der Waals surface area contributed by atoms with Gasteiger partial charge in [0.05, 0.1) is 0 Å². The molecule has 12 heterocycles. The maximum absolute atomic E-state index is 15.3. The number of rotatable bonds is 21. The zero-order valence-electron chi connectivity index (χ0n) is 66.6. The molecule has 0 unspecified atom stereocenters. The first-order valence-electron chi connectivity index (χ1n) is 40.1. The quantitative estimate of drug-likeness (QED) is 0.0352. The first-order chi connectivity index (χ1) is 57.4. The molecule has 7 N–H and O–H groups in total. The second-order valence-electron chi connectivity index (χ2n) is 30.5. The number of nitrogens with zero attached hydrogens (tertiary/aromatic N) is 14. The number of ether oxygens (including phenoxy) is 3. The highest BCUT2D eigenvalue weighted by atomic mass is 19.1. The SMILES string of the molecule is CCN1CCN(Cc2ccc(Nc3ncnc(Oc4ccc5[nH]c(C)cc5c4F)c3C(=O)N3CCC3)cc2)CC1.Cc1cc2c(F)c(Oc3ncnc(Nc4ccc(C(=O)N5CCN(C)CC5)cc4)c3C(=O)N3CCC3)ccc2[nH]1.Cc1cc2c(F)c(Oc3ncnc(Nc4ccc(CN5CCNCC5)cc4)c3C(=O)N3CCC3)ccc2[nH]1. The van der Waals surface area contributed by atoms with Crippen molar-refractivity contribution < 1.29 is 46.6 Å². The van der Waals surface area contributed by atoms with E-state index in [9.17, 15) is 19.2 Å². The molecule has 0 aliphatic carbocycles. The third-order valence-corrected chi connectivity index (χ3v) is 22.2. The summed E-state index contributed by atoms with van der Waals surface area (Å²) in [6, 6.07) is 38.3. The van der Waals surface area contributed by atoms with Crippen LogP contribution in [-0.2, 0) is 13.1 Å². The third-order valence-electron chi connectivity index (χ3n) is 22.2. The van der Waals surface area contributed by atoms with Gasteiger partial charge in [-0.05, 0) is 168 Å². The van der Waals surface area contributed by atoms with E-state index >= 15 is 13.2 Å². The summed E-state index contributed by atoms with van der Waals surface area (Å²) in [5.74, 6) is -1.55. The minimum absolute atomic E-state index is 0.00191. The number of hydrogen-bond acceptors (Lipinski definition) is 21. The van der Waals surface area contributed by atoms with Crippen molar-refractivity contribution in [3.8, 4) is 34.9 Å². The van der Waals surface area contributed by atoms with Crippen LogP contribution in [0.1, 0.15) is 95.8 Å². The standard InChI is InChI=1S/C30H34FN7O2.C29H30FN7O3.C28H30FN7O2/c1-3-36-13-15-37(16-14-36)18-21-5-7-22(8-6-21)35-28-26(30(39)38-11-4-12-38)29(33-19-32-28)40-25-10-9-24-23(27(25)31)17-20(2)34-24;1-18-16-21-22(33-18)8-9-23(25(21)30)40-27-24(29(39)36-10-3-11-36)26(31-17-32-27)34-20-6-4-19(5-7-20)28(38)37-14-12-35(2)13-15-37;1-18-15-21-22(33-18)7-8-23(25(21)29)38-27-24(28(37)36-11-2-12-36)26(31-17-32-27)34-20-5-3-19(4-6-20)16-35-13-9-30-10-14-35/h5-10,17,19,34H,3-4,11-16,18H2,1-2H3,(H,32,33,35);4-9,16-17,33H,3,10-15H2,1-2H3,(H,31,32,34);3-8,15,17,30,33H,2,9-14,16H2,1H3,(H,31,32,34). The van der Waals surface area contributed by atoms with E-state index in [1.54, 1.807) is 81.4 Å². The minimum atomic E-state index is -0.544. The molecule has 118 heavy (non-hydrogen) atoms. The number of anilines is 6. The summed E-state index contributed by atoms with van der Waals surface area (Å²) in [6.45, 7) is 26.0. The number of aromatic amines is 3. The molecule has 0 bridgehead atoms. The predicted molar refractivity (Wildman–Crippen MR) is 445 cm³/mol. The minimum Gasteiger partial charge on any atom is -0.435 e. The maximum atomic E-state index is 15.3. The molecule has 4 amide bonds. The highest BCUT2D eigenvalue weighted by molar-refractivity contribution is 6.04. The molecule has 0 atom stereocenters. The van der Waals surface area contributed by atoms with Crippen LogP contribution in [0.5, 0.6) is 34.9 Å². The number of aromatic nitrogens is 9. The van der Waals surface area contributed by atoms with Crippen molar-refractivity contribution in [2.45, 2.75) is 60.0 Å². The fourth-order valence-corrected chi connectivity index (χ4v) is 15.0. The molecule has 18 rings (SSSR count). The number of piperazine rings is 3. The van der Waals surface area contributed by atoms with Crippen LogP contribution in [-0.4, -0.2) is 239 Å². The molecular formula is C87H94F3N21O7. The molecule has 6 aromatic heterocycles. The van der Waals surface area contributed by atoms with Crippen molar-refractivity contribution in [3.05, 3.63) is 214 Å². The molecule has 0 spiro atoms. The molecule has 28 nitrogen and oxygen atoms in total. The van der Waals surface area contributed by atoms with Crippen LogP contribution in [0.25, 0.3) is 32.7 Å². The topological polar surface area (TPSA) is 295 Å². The monoisotopic (exact) mass is 1600 g/mol. The van der Waals surface area contributed by atoms with Gasteiger partial charge in [0, 0.05) is 203 Å². The van der Waals surface area contributed by atoms with E-state index in [0.717, 1.165) is 133 Å². The van der Waals surface area contributed by atoms with Crippen molar-refractivity contribution in [2.75, 3.05) is 147 Å². The summed E-state index contributed by atoms with van der Waals surface area (Å²) >= 11 is 0. The summed E-state index contributed by atoms with van der Waals surface area (Å²) in [5.41, 5.74) is 10.2. The first kappa shape index (κ1) is 79.3. The van der Waals surface area contributed by atoms with Gasteiger partial charge in [0.2, 0.25) is 17.6 Å². The number of benzene rings is 6. The lowest BCUT2D eigenvalue weighted by atomic mass is 10.1. The van der Waals surface area contributed by atoms with E-state index in [-0.39, 0.29) is 81.0 Å². The second kappa shape index (κ2) is 35.5. The van der Waals surface area contributed by atoms with Crippen molar-refractivity contribution in [1.82, 2.24) is 89.4 Å². The number of H-pyrrole nitrogens is 3. The van der Waals surface area contributed by atoms with Gasteiger partial charge < -0.3 is 79.8 Å². The summed E-state index contributed by atoms with van der Waals surface area (Å²) in [4.78, 5) is 105. The normalized spacial score (nSPS) is 15.9. The van der Waals surface area contributed by atoms with Crippen LogP contribution in [0, 0.1) is 38.2 Å². The van der Waals surface area contributed by atoms with Crippen LogP contribution in [0.3, 0.4) is 0 Å². The van der Waals surface area contributed by atoms with Gasteiger partial charge in [-0.3, -0.25) is 29.0 Å². The third kappa shape index (κ3) is 17.9. The number of likely N-dealkylation sites (N-methyl/N-ethyl adjacent to an activating group) is 2. The molecule has 31 heteroatoms. The van der Waals surface area contributed by atoms with Crippen LogP contribution < -0.4 is 35.5 Å². The Kier molecular flexibility index (Phi) is 23.9. The molecular weight excluding hydrogens is 1510 g/mol. The van der Waals surface area contributed by atoms with Gasteiger partial charge >= 0.3 is 0 Å². The molecule has 6 aromatic carbocycles. The van der Waals surface area contributed by atoms with Gasteiger partial charge in [0.15, 0.2) is 52.2 Å². The number of halogens is 3. The largest absolute Gasteiger partial charge is 0.435 e. The number of fused-ring (bicyclic) bond motifs is 3. The molecule has 6 saturated heterocycles. The molecule has 12 aromatic rings. The number of likely N-dealkylation sites (tertiary alicyclic amines) is 3. The molecule has 610 valence electrons. The summed E-state index contributed by atoms with van der Waals surface area (Å²) < 4.78 is 63.7. The van der Waals surface area contributed by atoms with Gasteiger partial charge in [-0.15, -0.1) is 0 Å². The number of nitrogens with one attached hydrogen (secondary N) is 7. The fourth-order valence-electron chi connectivity index (χ4n) is 15.0. The lowest BCUT2D eigenvalue weighted by molar-refractivity contribution is 0.0641. The Labute approximate surface area is 680 Å². The van der Waals surface area contributed by atoms with Crippen molar-refractivity contribution in [3.63, 3.8) is 0 Å². The Hall–Kier alpha value is -12.6. The lowest BCUT2D eigenvalue weighted by Crippen LogP contribution is -2.47. The summed E-state index contributed by atoms with van der Waals surface area (Å²) in [5, 5.41) is 14.3. The number of carbonyl (C=O) groups excluding carboxylic acids is 4. The lowest BCUT2D eigenvalue weighted by Gasteiger charge is -2.34. The Balaban J connectivity index is 0.000000132. The van der Waals surface area contributed by atoms with Crippen molar-refractivity contribution >= 4 is 90.9 Å². The maximum Gasteiger partial charge on any atom is 0.263 e. The van der Waals surface area contributed by atoms with E-state index in [1.165, 1.54) is 42.2 Å². The van der Waals surface area contributed by atoms with Crippen LogP contribution in [0.2, 0.25) is 0 Å². The van der Waals surface area contributed by atoms with E-state index in [4.69, 9.17) is 14.2 Å². The van der Waals surface area contributed by atoms with Crippen LogP contribution in [0.15, 0.2) is 146 Å². The molecule has 6 fully saturated rings. The van der Waals surface area contributed by atoms with Crippen LogP contribution in [0.4, 0.5) is 47.7 Å². The molecule has 0 saturated carbocycles. The van der Waals surface area contributed by atoms with Gasteiger partial charge in [0.1, 0.15) is 35.7 Å². The van der Waals surface area contributed by atoms with Crippen molar-refractivity contribution in [1.29, 1.82) is 0 Å². The Morgan fingerprint density at radius 2 is 0.720 bits per heavy atom. The van der Waals surface area contributed by atoms with Crippen LogP contribution >= 0.6 is 0 Å². The first-order valence-corrected chi connectivity index (χ1v) is 40.1. The van der Waals surface area contributed by atoms with E-state index in [0.29, 0.717) is 108 Å². The zero-order valence-corrected chi connectivity index (χ0v) is 66.6. The Morgan fingerprint density at radius 3 is 1.06 bits per heavy atom. The average molecular weight is 1600 g/mol. The predicted octanol–water partition coefficient (Wildman–Crippen LogP) is 13.3. The summed E-state index contributed by atoms with van der Waals surface area (Å²) in [7, 11) is 2.05. The average Bonchev–Trinajstić information content (AvgIpc) is 1.34. The second-order valence-corrected chi connectivity index (χ2v) is 30.5. The highest BCUT2D eigenvalue weighted by Gasteiger charge is 2.34. The smallest absolute Gasteiger partial charge is 0.263 e. The number of amides is 4. The molecule has 6 aliphatic heterocycles. The van der Waals surface area contributed by atoms with Gasteiger partial charge in [-0.1, -0.05) is 31.2 Å². The van der Waals surface area contributed by atoms with E-state index in [2.05, 4.69) is 117 Å². The Bertz CT molecular complexity index is 5640. The van der Waals surface area contributed by atoms with Gasteiger partial charge in [-0.25, -0.2) is 43.1 Å². The number of carbonyl (C=O) groups is 4. The number of hydrogen-bond donors (Lipinski definition) is 7. The zero-order chi connectivity index (χ0) is 81.5. The number of aryl methyl sites for hydroxylation is 3. The van der Waals surface area contributed by atoms with Crippen molar-refractivity contribution in [2.24, 2.45) is 0 Å². The fraction of sp³-hybridized carbons (Fsp3) is 0.333. The van der Waals surface area contributed by atoms with Gasteiger partial charge in [0.25, 0.3) is 23.6 Å². The Morgan fingerprint density at radius 1 is 0.390 bits per heavy atom. The summed E-state index contributed by atoms with van der Waals surface area (Å²) in [6.07, 6.45) is 6.69. The molecule has 0 radical (unpaired) electrons. The molecule has 6 aliphatic rings. The highest BCUT2D eigenvalue weighted by Crippen LogP contribution is 2.40.